The third kappa shape index (κ3) is 3.65. The Balaban J connectivity index is 2.16. The Morgan fingerprint density at radius 1 is 1.38 bits per heavy atom. The second kappa shape index (κ2) is 7.28. The number of nitrogens with one attached hydrogen (secondary N) is 1. The van der Waals surface area contributed by atoms with E-state index in [0.717, 1.165) is 5.56 Å². The zero-order chi connectivity index (χ0) is 15.2. The lowest BCUT2D eigenvalue weighted by Gasteiger charge is -2.32. The van der Waals surface area contributed by atoms with Gasteiger partial charge in [0.1, 0.15) is 11.5 Å². The smallest absolute Gasteiger partial charge is 0.228 e. The van der Waals surface area contributed by atoms with E-state index >= 15 is 0 Å². The first-order valence-corrected chi connectivity index (χ1v) is 7.01. The normalized spacial score (nSPS) is 14.4. The second-order valence-corrected chi connectivity index (χ2v) is 5.02. The molecule has 1 aromatic rings. The monoisotopic (exact) mass is 294 g/mol. The number of rotatable bonds is 7. The van der Waals surface area contributed by atoms with Crippen LogP contribution < -0.4 is 14.8 Å². The van der Waals surface area contributed by atoms with E-state index in [1.165, 1.54) is 0 Å². The van der Waals surface area contributed by atoms with E-state index in [1.807, 2.05) is 18.2 Å². The van der Waals surface area contributed by atoms with Gasteiger partial charge >= 0.3 is 0 Å². The summed E-state index contributed by atoms with van der Waals surface area (Å²) in [6.45, 7) is 2.07. The van der Waals surface area contributed by atoms with Gasteiger partial charge in [-0.2, -0.15) is 0 Å². The molecule has 1 saturated heterocycles. The number of hydrogen-bond donors (Lipinski definition) is 2. The maximum Gasteiger partial charge on any atom is 0.228 e. The van der Waals surface area contributed by atoms with Crippen molar-refractivity contribution in [1.29, 1.82) is 0 Å². The van der Waals surface area contributed by atoms with Crippen molar-refractivity contribution in [1.82, 2.24) is 10.2 Å². The molecule has 0 saturated carbocycles. The van der Waals surface area contributed by atoms with E-state index < -0.39 is 0 Å². The molecule has 0 spiro atoms. The van der Waals surface area contributed by atoms with Crippen molar-refractivity contribution in [3.63, 3.8) is 0 Å². The van der Waals surface area contributed by atoms with Crippen LogP contribution in [0.1, 0.15) is 5.56 Å². The van der Waals surface area contributed by atoms with E-state index in [4.69, 9.17) is 9.47 Å². The fraction of sp³-hybridized carbons (Fsp3) is 0.533. The van der Waals surface area contributed by atoms with Crippen LogP contribution in [0.4, 0.5) is 0 Å². The molecule has 21 heavy (non-hydrogen) atoms. The first kappa shape index (κ1) is 15.6. The number of amides is 1. The molecule has 6 heteroatoms. The van der Waals surface area contributed by atoms with Crippen molar-refractivity contribution >= 4 is 5.91 Å². The van der Waals surface area contributed by atoms with Crippen LogP contribution in [-0.2, 0) is 11.3 Å². The topological polar surface area (TPSA) is 71.0 Å². The molecule has 0 radical (unpaired) electrons. The fourth-order valence-corrected chi connectivity index (χ4v) is 2.32. The lowest BCUT2D eigenvalue weighted by molar-refractivity contribution is -0.138. The van der Waals surface area contributed by atoms with Crippen LogP contribution in [0.2, 0.25) is 0 Å². The fourth-order valence-electron chi connectivity index (χ4n) is 2.32. The summed E-state index contributed by atoms with van der Waals surface area (Å²) in [4.78, 5) is 14.0. The molecule has 2 rings (SSSR count). The van der Waals surface area contributed by atoms with Crippen LogP contribution in [0.3, 0.4) is 0 Å². The van der Waals surface area contributed by atoms with Crippen molar-refractivity contribution in [2.75, 3.05) is 40.5 Å². The number of methoxy groups -OCH3 is 2. The first-order chi connectivity index (χ1) is 10.2. The lowest BCUT2D eigenvalue weighted by Crippen LogP contribution is -2.52. The highest BCUT2D eigenvalue weighted by molar-refractivity contribution is 5.80. The average molecular weight is 294 g/mol. The van der Waals surface area contributed by atoms with Crippen molar-refractivity contribution in [2.45, 2.75) is 6.54 Å². The number of aliphatic hydroxyl groups excluding tert-OH is 1. The van der Waals surface area contributed by atoms with E-state index in [1.54, 1.807) is 19.1 Å². The largest absolute Gasteiger partial charge is 0.497 e. The van der Waals surface area contributed by atoms with Gasteiger partial charge in [-0.05, 0) is 18.2 Å². The molecule has 0 bridgehead atoms. The van der Waals surface area contributed by atoms with Gasteiger partial charge in [-0.25, -0.2) is 0 Å². The Hall–Kier alpha value is -1.79. The number of ether oxygens (including phenoxy) is 2. The predicted octanol–water partition coefficient (Wildman–Crippen LogP) is 0.244. The molecule has 1 aliphatic rings. The number of benzene rings is 1. The molecule has 0 atom stereocenters. The zero-order valence-electron chi connectivity index (χ0n) is 12.5. The summed E-state index contributed by atoms with van der Waals surface area (Å²) in [6.07, 6.45) is 0. The number of carbonyl (C=O) groups excluding carboxylic acids is 1. The summed E-state index contributed by atoms with van der Waals surface area (Å²) in [5.41, 5.74) is 0.867. The summed E-state index contributed by atoms with van der Waals surface area (Å²) >= 11 is 0. The van der Waals surface area contributed by atoms with Gasteiger partial charge in [0.05, 0.1) is 26.7 Å². The molecular weight excluding hydrogens is 272 g/mol. The molecule has 1 aliphatic heterocycles. The van der Waals surface area contributed by atoms with Crippen LogP contribution >= 0.6 is 0 Å². The van der Waals surface area contributed by atoms with Gasteiger partial charge < -0.3 is 24.8 Å². The minimum Gasteiger partial charge on any atom is -0.497 e. The van der Waals surface area contributed by atoms with Gasteiger partial charge in [0, 0.05) is 31.7 Å². The number of hydrogen-bond acceptors (Lipinski definition) is 5. The molecule has 6 nitrogen and oxygen atoms in total. The van der Waals surface area contributed by atoms with E-state index in [2.05, 4.69) is 5.32 Å². The minimum absolute atomic E-state index is 0.00755. The number of carbonyl (C=O) groups is 1. The highest BCUT2D eigenvalue weighted by Crippen LogP contribution is 2.26. The van der Waals surface area contributed by atoms with Crippen molar-refractivity contribution < 1.29 is 19.4 Å². The Bertz CT molecular complexity index is 489. The maximum absolute atomic E-state index is 12.4. The number of nitrogens with zero attached hydrogens (tertiary/aromatic N) is 1. The SMILES string of the molecule is COc1ccc(OC)c(CN(CCO)C(=O)C2CNC2)c1. The summed E-state index contributed by atoms with van der Waals surface area (Å²) in [5, 5.41) is 12.3. The Kier molecular flexibility index (Phi) is 5.41. The Morgan fingerprint density at radius 2 is 2.14 bits per heavy atom. The molecule has 116 valence electrons. The molecule has 1 heterocycles. The Labute approximate surface area is 124 Å². The van der Waals surface area contributed by atoms with Gasteiger partial charge in [0.25, 0.3) is 0 Å². The molecule has 2 N–H and O–H groups in total. The summed E-state index contributed by atoms with van der Waals surface area (Å²) in [5.74, 6) is 1.49. The van der Waals surface area contributed by atoms with E-state index in [0.29, 0.717) is 37.7 Å². The van der Waals surface area contributed by atoms with Gasteiger partial charge in [0.2, 0.25) is 5.91 Å². The molecule has 1 fully saturated rings. The molecule has 0 aliphatic carbocycles. The average Bonchev–Trinajstić information content (AvgIpc) is 2.44. The van der Waals surface area contributed by atoms with Gasteiger partial charge in [-0.3, -0.25) is 4.79 Å². The van der Waals surface area contributed by atoms with Crippen LogP contribution in [0.15, 0.2) is 18.2 Å². The zero-order valence-corrected chi connectivity index (χ0v) is 12.5. The highest BCUT2D eigenvalue weighted by atomic mass is 16.5. The predicted molar refractivity (Wildman–Crippen MR) is 78.4 cm³/mol. The molecule has 0 unspecified atom stereocenters. The maximum atomic E-state index is 12.4. The summed E-state index contributed by atoms with van der Waals surface area (Å²) in [7, 11) is 3.20. The lowest BCUT2D eigenvalue weighted by atomic mass is 10.0. The first-order valence-electron chi connectivity index (χ1n) is 7.01. The molecule has 1 aromatic carbocycles. The second-order valence-electron chi connectivity index (χ2n) is 5.02. The quantitative estimate of drug-likeness (QED) is 0.754. The molecule has 0 aromatic heterocycles. The van der Waals surface area contributed by atoms with Crippen molar-refractivity contribution in [3.05, 3.63) is 23.8 Å². The van der Waals surface area contributed by atoms with Crippen molar-refractivity contribution in [2.24, 2.45) is 5.92 Å². The molecule has 1 amide bonds. The van der Waals surface area contributed by atoms with Crippen LogP contribution in [0, 0.1) is 5.92 Å². The van der Waals surface area contributed by atoms with Crippen LogP contribution in [0.5, 0.6) is 11.5 Å². The van der Waals surface area contributed by atoms with Crippen LogP contribution in [-0.4, -0.2) is 56.4 Å². The van der Waals surface area contributed by atoms with Crippen molar-refractivity contribution in [3.8, 4) is 11.5 Å². The van der Waals surface area contributed by atoms with E-state index in [9.17, 15) is 9.90 Å². The standard InChI is InChI=1S/C15H22N2O4/c1-20-13-3-4-14(21-2)11(7-13)10-17(5-6-18)15(19)12-8-16-9-12/h3-4,7,12,16,18H,5-6,8-10H2,1-2H3. The Morgan fingerprint density at radius 3 is 2.67 bits per heavy atom. The molecular formula is C15H22N2O4. The minimum atomic E-state index is -0.0574. The summed E-state index contributed by atoms with van der Waals surface area (Å²) in [6, 6.07) is 5.49. The van der Waals surface area contributed by atoms with Gasteiger partial charge in [-0.15, -0.1) is 0 Å². The van der Waals surface area contributed by atoms with Gasteiger partial charge in [-0.1, -0.05) is 0 Å². The van der Waals surface area contributed by atoms with Crippen LogP contribution in [0.25, 0.3) is 0 Å². The summed E-state index contributed by atoms with van der Waals surface area (Å²) < 4.78 is 10.6. The van der Waals surface area contributed by atoms with E-state index in [-0.39, 0.29) is 18.4 Å². The van der Waals surface area contributed by atoms with Gasteiger partial charge in [0.15, 0.2) is 0 Å². The highest BCUT2D eigenvalue weighted by Gasteiger charge is 2.29. The number of aliphatic hydroxyl groups is 1. The third-order valence-electron chi connectivity index (χ3n) is 3.66. The third-order valence-corrected chi connectivity index (χ3v) is 3.66.